The van der Waals surface area contributed by atoms with Gasteiger partial charge in [-0.1, -0.05) is 41.9 Å². The summed E-state index contributed by atoms with van der Waals surface area (Å²) in [6.07, 6.45) is 1.74. The van der Waals surface area contributed by atoms with Gasteiger partial charge in [-0.25, -0.2) is 9.18 Å². The normalized spacial score (nSPS) is 15.8. The Morgan fingerprint density at radius 3 is 2.79 bits per heavy atom. The van der Waals surface area contributed by atoms with Crippen LogP contribution in [0.25, 0.3) is 0 Å². The quantitative estimate of drug-likeness (QED) is 0.875. The predicted octanol–water partition coefficient (Wildman–Crippen LogP) is 4.71. The van der Waals surface area contributed by atoms with Crippen molar-refractivity contribution < 1.29 is 9.18 Å². The summed E-state index contributed by atoms with van der Waals surface area (Å²) in [4.78, 5) is 18.4. The standard InChI is InChI=1S/C18H17ClFN3O/c19-15-11-14(8-9-16(15)20)21-18(24)22-17-7-4-10-23(17)12-13-5-2-1-3-6-13/h1-3,5-6,8-9,11H,4,7,10,12H2,(H,21,24)/b22-17-. The number of carbonyl (C=O) groups is 1. The van der Waals surface area contributed by atoms with Gasteiger partial charge in [-0.3, -0.25) is 0 Å². The van der Waals surface area contributed by atoms with E-state index >= 15 is 0 Å². The van der Waals surface area contributed by atoms with E-state index in [1.165, 1.54) is 23.8 Å². The van der Waals surface area contributed by atoms with E-state index in [1.54, 1.807) is 0 Å². The van der Waals surface area contributed by atoms with Gasteiger partial charge in [-0.05, 0) is 30.2 Å². The zero-order valence-corrected chi connectivity index (χ0v) is 13.8. The van der Waals surface area contributed by atoms with Gasteiger partial charge in [0.2, 0.25) is 0 Å². The Balaban J connectivity index is 1.67. The molecule has 1 N–H and O–H groups in total. The van der Waals surface area contributed by atoms with Gasteiger partial charge in [0.15, 0.2) is 0 Å². The van der Waals surface area contributed by atoms with E-state index in [2.05, 4.69) is 27.3 Å². The number of hydrogen-bond donors (Lipinski definition) is 1. The van der Waals surface area contributed by atoms with Gasteiger partial charge >= 0.3 is 6.03 Å². The number of rotatable bonds is 3. The van der Waals surface area contributed by atoms with E-state index in [-0.39, 0.29) is 5.02 Å². The van der Waals surface area contributed by atoms with E-state index in [4.69, 9.17) is 11.6 Å². The Kier molecular flexibility index (Phi) is 5.11. The molecule has 24 heavy (non-hydrogen) atoms. The molecule has 1 aliphatic rings. The van der Waals surface area contributed by atoms with Gasteiger partial charge in [0, 0.05) is 25.2 Å². The first-order valence-corrected chi connectivity index (χ1v) is 8.12. The maximum Gasteiger partial charge on any atom is 0.347 e. The van der Waals surface area contributed by atoms with Gasteiger partial charge in [0.25, 0.3) is 0 Å². The molecule has 2 aromatic rings. The summed E-state index contributed by atoms with van der Waals surface area (Å²) < 4.78 is 13.1. The third-order valence-corrected chi connectivity index (χ3v) is 4.10. The summed E-state index contributed by atoms with van der Waals surface area (Å²) >= 11 is 5.71. The summed E-state index contributed by atoms with van der Waals surface area (Å²) in [5.74, 6) is 0.246. The number of nitrogens with zero attached hydrogens (tertiary/aromatic N) is 2. The molecule has 0 spiro atoms. The Labute approximate surface area is 145 Å². The van der Waals surface area contributed by atoms with Gasteiger partial charge < -0.3 is 10.2 Å². The fourth-order valence-electron chi connectivity index (χ4n) is 2.66. The van der Waals surface area contributed by atoms with Gasteiger partial charge in [-0.2, -0.15) is 4.99 Å². The number of aliphatic imine (C=N–C) groups is 1. The SMILES string of the molecule is O=C(/N=C1/CCCN1Cc1ccccc1)Nc1ccc(F)c(Cl)c1. The fraction of sp³-hybridized carbons (Fsp3) is 0.222. The van der Waals surface area contributed by atoms with E-state index in [0.29, 0.717) is 5.69 Å². The molecule has 0 aliphatic carbocycles. The van der Waals surface area contributed by atoms with Crippen molar-refractivity contribution in [3.63, 3.8) is 0 Å². The second-order valence-electron chi connectivity index (χ2n) is 5.60. The van der Waals surface area contributed by atoms with Crippen LogP contribution < -0.4 is 5.32 Å². The lowest BCUT2D eigenvalue weighted by molar-refractivity contribution is 0.259. The van der Waals surface area contributed by atoms with Crippen molar-refractivity contribution in [1.29, 1.82) is 0 Å². The van der Waals surface area contributed by atoms with E-state index < -0.39 is 11.8 Å². The molecule has 0 atom stereocenters. The minimum absolute atomic E-state index is 0.0352. The Hall–Kier alpha value is -2.40. The molecule has 0 unspecified atom stereocenters. The van der Waals surface area contributed by atoms with Crippen LogP contribution in [0.4, 0.5) is 14.9 Å². The van der Waals surface area contributed by atoms with E-state index in [1.807, 2.05) is 18.2 Å². The van der Waals surface area contributed by atoms with Crippen LogP contribution >= 0.6 is 11.6 Å². The number of benzene rings is 2. The minimum atomic E-state index is -0.522. The number of amides is 2. The van der Waals surface area contributed by atoms with Gasteiger partial charge in [0.05, 0.1) is 5.02 Å². The van der Waals surface area contributed by atoms with Crippen LogP contribution in [-0.4, -0.2) is 23.3 Å². The number of amidine groups is 1. The maximum atomic E-state index is 13.1. The van der Waals surface area contributed by atoms with Crippen molar-refractivity contribution in [2.75, 3.05) is 11.9 Å². The summed E-state index contributed by atoms with van der Waals surface area (Å²) in [6, 6.07) is 13.6. The minimum Gasteiger partial charge on any atom is -0.356 e. The Morgan fingerprint density at radius 2 is 2.04 bits per heavy atom. The largest absolute Gasteiger partial charge is 0.356 e. The zero-order valence-electron chi connectivity index (χ0n) is 13.0. The molecule has 0 aromatic heterocycles. The summed E-state index contributed by atoms with van der Waals surface area (Å²) in [5, 5.41) is 2.58. The average Bonchev–Trinajstić information content (AvgIpc) is 2.99. The lowest BCUT2D eigenvalue weighted by atomic mass is 10.2. The van der Waals surface area contributed by atoms with Crippen LogP contribution in [0, 0.1) is 5.82 Å². The molecule has 6 heteroatoms. The first-order chi connectivity index (χ1) is 11.6. The lowest BCUT2D eigenvalue weighted by Gasteiger charge is -2.18. The highest BCUT2D eigenvalue weighted by atomic mass is 35.5. The summed E-state index contributed by atoms with van der Waals surface area (Å²) in [6.45, 7) is 1.61. The molecule has 1 saturated heterocycles. The first kappa shape index (κ1) is 16.5. The van der Waals surface area contributed by atoms with Crippen molar-refractivity contribution in [2.24, 2.45) is 4.99 Å². The number of halogens is 2. The Bertz CT molecular complexity index is 764. The highest BCUT2D eigenvalue weighted by molar-refractivity contribution is 6.31. The van der Waals surface area contributed by atoms with Crippen LogP contribution in [0.2, 0.25) is 5.02 Å². The molecule has 2 amide bonds. The van der Waals surface area contributed by atoms with Crippen LogP contribution in [-0.2, 0) is 6.54 Å². The molecule has 4 nitrogen and oxygen atoms in total. The van der Waals surface area contributed by atoms with Crippen molar-refractivity contribution >= 4 is 29.2 Å². The number of urea groups is 1. The lowest BCUT2D eigenvalue weighted by Crippen LogP contribution is -2.26. The van der Waals surface area contributed by atoms with Crippen LogP contribution in [0.1, 0.15) is 18.4 Å². The molecule has 2 aromatic carbocycles. The molecule has 0 bridgehead atoms. The first-order valence-electron chi connectivity index (χ1n) is 7.74. The van der Waals surface area contributed by atoms with Gasteiger partial charge in [0.1, 0.15) is 11.7 Å². The summed E-state index contributed by atoms with van der Waals surface area (Å²) in [5.41, 5.74) is 1.60. The van der Waals surface area contributed by atoms with E-state index in [9.17, 15) is 9.18 Å². The van der Waals surface area contributed by atoms with Crippen molar-refractivity contribution in [3.8, 4) is 0 Å². The molecule has 0 saturated carbocycles. The van der Waals surface area contributed by atoms with Crippen molar-refractivity contribution in [3.05, 3.63) is 64.9 Å². The highest BCUT2D eigenvalue weighted by Crippen LogP contribution is 2.20. The topological polar surface area (TPSA) is 44.7 Å². The smallest absolute Gasteiger partial charge is 0.347 e. The summed E-state index contributed by atoms with van der Waals surface area (Å²) in [7, 11) is 0. The zero-order chi connectivity index (χ0) is 16.9. The molecule has 1 aliphatic heterocycles. The molecule has 1 heterocycles. The third kappa shape index (κ3) is 4.11. The highest BCUT2D eigenvalue weighted by Gasteiger charge is 2.20. The van der Waals surface area contributed by atoms with Crippen LogP contribution in [0.15, 0.2) is 53.5 Å². The molecule has 1 fully saturated rings. The number of nitrogens with one attached hydrogen (secondary N) is 1. The predicted molar refractivity (Wildman–Crippen MR) is 93.9 cm³/mol. The second-order valence-corrected chi connectivity index (χ2v) is 6.00. The molecule has 3 rings (SSSR count). The van der Waals surface area contributed by atoms with Crippen molar-refractivity contribution in [2.45, 2.75) is 19.4 Å². The number of likely N-dealkylation sites (tertiary alicyclic amines) is 1. The number of hydrogen-bond acceptors (Lipinski definition) is 1. The van der Waals surface area contributed by atoms with Crippen LogP contribution in [0.3, 0.4) is 0 Å². The van der Waals surface area contributed by atoms with Crippen molar-refractivity contribution in [1.82, 2.24) is 4.90 Å². The molecule has 0 radical (unpaired) electrons. The molecule has 124 valence electrons. The van der Waals surface area contributed by atoms with Gasteiger partial charge in [-0.15, -0.1) is 0 Å². The number of carbonyl (C=O) groups excluding carboxylic acids is 1. The average molecular weight is 346 g/mol. The molecular weight excluding hydrogens is 329 g/mol. The second kappa shape index (κ2) is 7.45. The maximum absolute atomic E-state index is 13.1. The third-order valence-electron chi connectivity index (χ3n) is 3.81. The number of anilines is 1. The van der Waals surface area contributed by atoms with E-state index in [0.717, 1.165) is 31.8 Å². The Morgan fingerprint density at radius 1 is 1.25 bits per heavy atom. The fourth-order valence-corrected chi connectivity index (χ4v) is 2.84. The van der Waals surface area contributed by atoms with Crippen LogP contribution in [0.5, 0.6) is 0 Å². The monoisotopic (exact) mass is 345 g/mol. The molecular formula is C18H17ClFN3O.